The highest BCUT2D eigenvalue weighted by atomic mass is 32.1. The zero-order valence-corrected chi connectivity index (χ0v) is 18.6. The highest BCUT2D eigenvalue weighted by Crippen LogP contribution is 2.20. The molecule has 9 heteroatoms. The Hall–Kier alpha value is -2.68. The molecule has 8 nitrogen and oxygen atoms in total. The molecular weight excluding hydrogens is 398 g/mol. The van der Waals surface area contributed by atoms with Gasteiger partial charge >= 0.3 is 0 Å². The summed E-state index contributed by atoms with van der Waals surface area (Å²) in [5.41, 5.74) is 0. The number of rotatable bonds is 8. The fourth-order valence-corrected chi connectivity index (χ4v) is 4.07. The molecule has 1 amide bonds. The summed E-state index contributed by atoms with van der Waals surface area (Å²) in [5.74, 6) is 2.04. The molecule has 0 bridgehead atoms. The summed E-state index contributed by atoms with van der Waals surface area (Å²) in [6.07, 6.45) is 3.94. The molecule has 2 aromatic rings. The van der Waals surface area contributed by atoms with Crippen LogP contribution in [0.5, 0.6) is 0 Å². The molecule has 3 heterocycles. The number of guanidine groups is 1. The zero-order valence-electron chi connectivity index (χ0n) is 17.8. The standard InChI is InChI=1S/C21H31N7OS/c1-3-22-20(26-16-17(2)18-6-4-15-30-18)23-10-7-19(29)27-11-13-28(14-12-27)21-24-8-5-9-25-21/h4-6,8-9,15,17H,3,7,10-14,16H2,1-2H3,(H2,22,23,26). The van der Waals surface area contributed by atoms with Crippen molar-refractivity contribution in [3.05, 3.63) is 40.8 Å². The second kappa shape index (κ2) is 11.5. The first-order valence-corrected chi connectivity index (χ1v) is 11.4. The van der Waals surface area contributed by atoms with Crippen molar-refractivity contribution in [2.75, 3.05) is 50.7 Å². The van der Waals surface area contributed by atoms with Crippen molar-refractivity contribution in [2.24, 2.45) is 4.99 Å². The Morgan fingerprint density at radius 2 is 1.97 bits per heavy atom. The van der Waals surface area contributed by atoms with Gasteiger partial charge in [-0.1, -0.05) is 13.0 Å². The highest BCUT2D eigenvalue weighted by molar-refractivity contribution is 7.10. The summed E-state index contributed by atoms with van der Waals surface area (Å²) in [4.78, 5) is 31.2. The third kappa shape index (κ3) is 6.41. The van der Waals surface area contributed by atoms with Crippen molar-refractivity contribution >= 4 is 29.2 Å². The SMILES string of the molecule is CCNC(=NCC(C)c1cccs1)NCCC(=O)N1CCN(c2ncccn2)CC1. The van der Waals surface area contributed by atoms with E-state index in [9.17, 15) is 4.79 Å². The largest absolute Gasteiger partial charge is 0.357 e. The lowest BCUT2D eigenvalue weighted by atomic mass is 10.1. The molecule has 1 unspecified atom stereocenters. The quantitative estimate of drug-likeness (QED) is 0.493. The molecule has 1 aliphatic rings. The van der Waals surface area contributed by atoms with E-state index in [4.69, 9.17) is 0 Å². The van der Waals surface area contributed by atoms with Gasteiger partial charge in [-0.2, -0.15) is 0 Å². The first-order chi connectivity index (χ1) is 14.7. The van der Waals surface area contributed by atoms with Gasteiger partial charge in [-0.15, -0.1) is 11.3 Å². The number of carbonyl (C=O) groups is 1. The molecular formula is C21H31N7OS. The van der Waals surface area contributed by atoms with Crippen LogP contribution in [0.3, 0.4) is 0 Å². The van der Waals surface area contributed by atoms with Crippen molar-refractivity contribution in [2.45, 2.75) is 26.2 Å². The Balaban J connectivity index is 1.40. The summed E-state index contributed by atoms with van der Waals surface area (Å²) in [6, 6.07) is 6.03. The predicted molar refractivity (Wildman–Crippen MR) is 122 cm³/mol. The van der Waals surface area contributed by atoms with Gasteiger partial charge in [0.2, 0.25) is 11.9 Å². The van der Waals surface area contributed by atoms with Gasteiger partial charge in [0, 0.05) is 68.9 Å². The molecule has 2 N–H and O–H groups in total. The van der Waals surface area contributed by atoms with E-state index in [1.165, 1.54) is 4.88 Å². The Morgan fingerprint density at radius 1 is 1.20 bits per heavy atom. The lowest BCUT2D eigenvalue weighted by Crippen LogP contribution is -2.50. The number of carbonyl (C=O) groups excluding carboxylic acids is 1. The number of anilines is 1. The highest BCUT2D eigenvalue weighted by Gasteiger charge is 2.22. The minimum atomic E-state index is 0.166. The van der Waals surface area contributed by atoms with Crippen LogP contribution >= 0.6 is 11.3 Å². The molecule has 1 fully saturated rings. The number of hydrogen-bond donors (Lipinski definition) is 2. The number of nitrogens with one attached hydrogen (secondary N) is 2. The van der Waals surface area contributed by atoms with Crippen molar-refractivity contribution in [1.82, 2.24) is 25.5 Å². The van der Waals surface area contributed by atoms with Gasteiger partial charge in [-0.25, -0.2) is 9.97 Å². The molecule has 162 valence electrons. The summed E-state index contributed by atoms with van der Waals surface area (Å²) in [6.45, 7) is 9.21. The van der Waals surface area contributed by atoms with Crippen LogP contribution in [0.1, 0.15) is 31.1 Å². The molecule has 1 atom stereocenters. The van der Waals surface area contributed by atoms with Crippen molar-refractivity contribution in [3.63, 3.8) is 0 Å². The smallest absolute Gasteiger partial charge is 0.225 e. The zero-order chi connectivity index (χ0) is 21.2. The molecule has 0 radical (unpaired) electrons. The normalized spacial score (nSPS) is 15.7. The molecule has 3 rings (SSSR count). The number of thiophene rings is 1. The van der Waals surface area contributed by atoms with Crippen LogP contribution in [0.2, 0.25) is 0 Å². The maximum absolute atomic E-state index is 12.6. The molecule has 1 aliphatic heterocycles. The van der Waals surface area contributed by atoms with E-state index in [-0.39, 0.29) is 5.91 Å². The van der Waals surface area contributed by atoms with Gasteiger partial charge in [0.05, 0.1) is 6.54 Å². The van der Waals surface area contributed by atoms with E-state index in [0.717, 1.165) is 31.5 Å². The van der Waals surface area contributed by atoms with Crippen LogP contribution in [-0.4, -0.2) is 72.5 Å². The van der Waals surface area contributed by atoms with Crippen LogP contribution < -0.4 is 15.5 Å². The summed E-state index contributed by atoms with van der Waals surface area (Å²) in [5, 5.41) is 8.64. The number of hydrogen-bond acceptors (Lipinski definition) is 6. The van der Waals surface area contributed by atoms with E-state index >= 15 is 0 Å². The monoisotopic (exact) mass is 429 g/mol. The van der Waals surface area contributed by atoms with Crippen molar-refractivity contribution < 1.29 is 4.79 Å². The Morgan fingerprint density at radius 3 is 2.63 bits per heavy atom. The van der Waals surface area contributed by atoms with Gasteiger partial charge in [0.25, 0.3) is 0 Å². The first kappa shape index (κ1) is 22.0. The summed E-state index contributed by atoms with van der Waals surface area (Å²) < 4.78 is 0. The van der Waals surface area contributed by atoms with E-state index in [1.54, 1.807) is 23.7 Å². The van der Waals surface area contributed by atoms with Crippen molar-refractivity contribution in [1.29, 1.82) is 0 Å². The summed E-state index contributed by atoms with van der Waals surface area (Å²) >= 11 is 1.76. The Bertz CT molecular complexity index is 789. The molecule has 2 aromatic heterocycles. The third-order valence-electron chi connectivity index (χ3n) is 5.00. The number of aromatic nitrogens is 2. The second-order valence-corrected chi connectivity index (χ2v) is 8.21. The van der Waals surface area contributed by atoms with Gasteiger partial charge < -0.3 is 20.4 Å². The van der Waals surface area contributed by atoms with E-state index in [0.29, 0.717) is 38.5 Å². The van der Waals surface area contributed by atoms with Crippen LogP contribution in [-0.2, 0) is 4.79 Å². The molecule has 0 spiro atoms. The molecule has 0 saturated carbocycles. The molecule has 1 saturated heterocycles. The topological polar surface area (TPSA) is 85.8 Å². The van der Waals surface area contributed by atoms with Crippen LogP contribution in [0.25, 0.3) is 0 Å². The average Bonchev–Trinajstić information content (AvgIpc) is 3.33. The lowest BCUT2D eigenvalue weighted by molar-refractivity contribution is -0.131. The predicted octanol–water partition coefficient (Wildman–Crippen LogP) is 1.94. The molecule has 30 heavy (non-hydrogen) atoms. The Labute approximate surface area is 182 Å². The van der Waals surface area contributed by atoms with Gasteiger partial charge in [-0.05, 0) is 24.4 Å². The number of piperazine rings is 1. The van der Waals surface area contributed by atoms with E-state index < -0.39 is 0 Å². The second-order valence-electron chi connectivity index (χ2n) is 7.23. The van der Waals surface area contributed by atoms with Crippen LogP contribution in [0.4, 0.5) is 5.95 Å². The van der Waals surface area contributed by atoms with Crippen LogP contribution in [0.15, 0.2) is 41.0 Å². The van der Waals surface area contributed by atoms with Gasteiger partial charge in [-0.3, -0.25) is 9.79 Å². The number of aliphatic imine (C=N–C) groups is 1. The number of nitrogens with zero attached hydrogens (tertiary/aromatic N) is 5. The molecule has 0 aliphatic carbocycles. The first-order valence-electron chi connectivity index (χ1n) is 10.5. The van der Waals surface area contributed by atoms with Gasteiger partial charge in [0.15, 0.2) is 5.96 Å². The third-order valence-corrected chi connectivity index (χ3v) is 6.10. The van der Waals surface area contributed by atoms with E-state index in [2.05, 4.69) is 54.9 Å². The minimum Gasteiger partial charge on any atom is -0.357 e. The average molecular weight is 430 g/mol. The van der Waals surface area contributed by atoms with Gasteiger partial charge in [0.1, 0.15) is 0 Å². The lowest BCUT2D eigenvalue weighted by Gasteiger charge is -2.34. The minimum absolute atomic E-state index is 0.166. The maximum atomic E-state index is 12.6. The molecule has 0 aromatic carbocycles. The van der Waals surface area contributed by atoms with E-state index in [1.807, 2.05) is 17.9 Å². The summed E-state index contributed by atoms with van der Waals surface area (Å²) in [7, 11) is 0. The number of amides is 1. The fourth-order valence-electron chi connectivity index (χ4n) is 3.29. The maximum Gasteiger partial charge on any atom is 0.225 e. The van der Waals surface area contributed by atoms with Crippen molar-refractivity contribution in [3.8, 4) is 0 Å². The Kier molecular flexibility index (Phi) is 8.43. The van der Waals surface area contributed by atoms with Crippen LogP contribution in [0, 0.1) is 0 Å². The fraction of sp³-hybridized carbons (Fsp3) is 0.524.